The molecule has 2 saturated heterocycles. The highest BCUT2D eigenvalue weighted by Gasteiger charge is 2.53. The van der Waals surface area contributed by atoms with Crippen molar-refractivity contribution in [2.45, 2.75) is 101 Å². The van der Waals surface area contributed by atoms with E-state index in [2.05, 4.69) is 0 Å². The van der Waals surface area contributed by atoms with E-state index < -0.39 is 61.4 Å². The Hall–Kier alpha value is -5.12. The van der Waals surface area contributed by atoms with Crippen LogP contribution in [-0.2, 0) is 82.3 Å². The molecule has 6 aromatic rings. The van der Waals surface area contributed by atoms with Crippen molar-refractivity contribution in [3.63, 3.8) is 0 Å². The van der Waals surface area contributed by atoms with E-state index in [0.29, 0.717) is 13.2 Å². The minimum atomic E-state index is -1.47. The molecular formula is C54H58O11. The zero-order chi connectivity index (χ0) is 44.5. The summed E-state index contributed by atoms with van der Waals surface area (Å²) in [4.78, 5) is 0. The van der Waals surface area contributed by atoms with E-state index in [1.165, 1.54) is 0 Å². The van der Waals surface area contributed by atoms with Gasteiger partial charge in [0.1, 0.15) is 48.8 Å². The van der Waals surface area contributed by atoms with E-state index >= 15 is 0 Å². The second-order valence-corrected chi connectivity index (χ2v) is 16.2. The summed E-state index contributed by atoms with van der Waals surface area (Å²) in [6.45, 7) is 1.50. The molecule has 0 aliphatic carbocycles. The van der Waals surface area contributed by atoms with Crippen molar-refractivity contribution >= 4 is 0 Å². The van der Waals surface area contributed by atoms with Crippen LogP contribution in [0.3, 0.4) is 0 Å². The van der Waals surface area contributed by atoms with Crippen LogP contribution < -0.4 is 0 Å². The maximum Gasteiger partial charge on any atom is 0.187 e. The lowest BCUT2D eigenvalue weighted by Gasteiger charge is -2.49. The summed E-state index contributed by atoms with van der Waals surface area (Å²) < 4.78 is 59.2. The molecule has 2 aliphatic heterocycles. The molecule has 2 fully saturated rings. The Kier molecular flexibility index (Phi) is 17.4. The predicted octanol–water partition coefficient (Wildman–Crippen LogP) is 7.95. The Morgan fingerprint density at radius 3 is 1.03 bits per heavy atom. The van der Waals surface area contributed by atoms with Crippen LogP contribution in [0, 0.1) is 0 Å². The third-order valence-corrected chi connectivity index (χ3v) is 11.4. The molecule has 6 aromatic carbocycles. The summed E-state index contributed by atoms with van der Waals surface area (Å²) in [7, 11) is 0. The second-order valence-electron chi connectivity index (χ2n) is 16.2. The number of ether oxygens (including phenoxy) is 9. The van der Waals surface area contributed by atoms with E-state index in [0.717, 1.165) is 33.4 Å². The third-order valence-electron chi connectivity index (χ3n) is 11.4. The summed E-state index contributed by atoms with van der Waals surface area (Å²) in [6.07, 6.45) is -10.6. The molecule has 11 nitrogen and oxygen atoms in total. The Labute approximate surface area is 381 Å². The SMILES string of the molecule is O[C@H]1[C@H](O[C@@H]2[C@@H](OCc3ccccc3)[C@@H](O)O[C@H](COCc3ccccc3)[C@H]2OCc2ccccc2)O[C@H](COCc2ccccc2)[C@H](OCc2ccccc2)[C@@H]1OCc1ccccc1. The highest BCUT2D eigenvalue weighted by molar-refractivity contribution is 5.18. The van der Waals surface area contributed by atoms with Gasteiger partial charge in [-0.05, 0) is 33.4 Å². The van der Waals surface area contributed by atoms with E-state index in [4.69, 9.17) is 42.6 Å². The average Bonchev–Trinajstić information content (AvgIpc) is 3.35. The zero-order valence-corrected chi connectivity index (χ0v) is 36.3. The van der Waals surface area contributed by atoms with Crippen molar-refractivity contribution in [3.8, 4) is 0 Å². The number of aliphatic hydroxyl groups is 2. The van der Waals surface area contributed by atoms with Crippen molar-refractivity contribution < 1.29 is 52.8 Å². The van der Waals surface area contributed by atoms with Crippen molar-refractivity contribution in [1.82, 2.24) is 0 Å². The number of hydrogen-bond donors (Lipinski definition) is 2. The van der Waals surface area contributed by atoms with Gasteiger partial charge in [-0.15, -0.1) is 0 Å². The highest BCUT2D eigenvalue weighted by atomic mass is 16.7. The Morgan fingerprint density at radius 1 is 0.338 bits per heavy atom. The lowest BCUT2D eigenvalue weighted by Crippen LogP contribution is -2.66. The van der Waals surface area contributed by atoms with Crippen LogP contribution in [0.4, 0.5) is 0 Å². The van der Waals surface area contributed by atoms with E-state index in [1.54, 1.807) is 0 Å². The molecule has 2 aliphatic rings. The molecule has 0 aromatic heterocycles. The molecule has 340 valence electrons. The number of hydrogen-bond acceptors (Lipinski definition) is 11. The molecule has 11 heteroatoms. The number of aliphatic hydroxyl groups excluding tert-OH is 2. The quantitative estimate of drug-likeness (QED) is 0.0691. The molecule has 0 unspecified atom stereocenters. The first-order valence-electron chi connectivity index (χ1n) is 22.3. The van der Waals surface area contributed by atoms with Gasteiger partial charge in [0.2, 0.25) is 0 Å². The van der Waals surface area contributed by atoms with E-state index in [1.807, 2.05) is 182 Å². The van der Waals surface area contributed by atoms with Gasteiger partial charge in [0.15, 0.2) is 12.6 Å². The fourth-order valence-electron chi connectivity index (χ4n) is 8.05. The molecule has 0 saturated carbocycles. The molecular weight excluding hydrogens is 825 g/mol. The van der Waals surface area contributed by atoms with Crippen LogP contribution >= 0.6 is 0 Å². The molecule has 0 radical (unpaired) electrons. The van der Waals surface area contributed by atoms with Gasteiger partial charge < -0.3 is 52.8 Å². The maximum atomic E-state index is 12.5. The molecule has 8 rings (SSSR count). The number of rotatable bonds is 22. The third kappa shape index (κ3) is 13.5. The summed E-state index contributed by atoms with van der Waals surface area (Å²) >= 11 is 0. The van der Waals surface area contributed by atoms with Gasteiger partial charge in [0.25, 0.3) is 0 Å². The van der Waals surface area contributed by atoms with Gasteiger partial charge in [-0.3, -0.25) is 0 Å². The average molecular weight is 883 g/mol. The zero-order valence-electron chi connectivity index (χ0n) is 36.3. The normalized spacial score (nSPS) is 25.6. The Bertz CT molecular complexity index is 2210. The molecule has 0 bridgehead atoms. The van der Waals surface area contributed by atoms with Crippen LogP contribution in [0.2, 0.25) is 0 Å². The lowest BCUT2D eigenvalue weighted by molar-refractivity contribution is -0.371. The fourth-order valence-corrected chi connectivity index (χ4v) is 8.05. The smallest absolute Gasteiger partial charge is 0.187 e. The van der Waals surface area contributed by atoms with Gasteiger partial charge in [0, 0.05) is 0 Å². The predicted molar refractivity (Wildman–Crippen MR) is 243 cm³/mol. The van der Waals surface area contributed by atoms with Crippen LogP contribution in [-0.4, -0.2) is 84.8 Å². The monoisotopic (exact) mass is 882 g/mol. The Morgan fingerprint density at radius 2 is 0.646 bits per heavy atom. The van der Waals surface area contributed by atoms with Crippen molar-refractivity contribution in [3.05, 3.63) is 215 Å². The van der Waals surface area contributed by atoms with E-state index in [9.17, 15) is 10.2 Å². The van der Waals surface area contributed by atoms with Crippen molar-refractivity contribution in [2.75, 3.05) is 13.2 Å². The lowest BCUT2D eigenvalue weighted by atomic mass is 9.96. The van der Waals surface area contributed by atoms with Gasteiger partial charge >= 0.3 is 0 Å². The summed E-state index contributed by atoms with van der Waals surface area (Å²) in [5.74, 6) is 0. The van der Waals surface area contributed by atoms with Crippen molar-refractivity contribution in [1.29, 1.82) is 0 Å². The minimum Gasteiger partial charge on any atom is -0.385 e. The van der Waals surface area contributed by atoms with E-state index in [-0.39, 0.29) is 39.6 Å². The number of benzene rings is 6. The molecule has 10 atom stereocenters. The first-order valence-corrected chi connectivity index (χ1v) is 22.3. The summed E-state index contributed by atoms with van der Waals surface area (Å²) in [5.41, 5.74) is 5.62. The van der Waals surface area contributed by atoms with Gasteiger partial charge in [-0.1, -0.05) is 182 Å². The van der Waals surface area contributed by atoms with Crippen molar-refractivity contribution in [2.24, 2.45) is 0 Å². The fraction of sp³-hybridized carbons (Fsp3) is 0.333. The van der Waals surface area contributed by atoms with Crippen LogP contribution in [0.1, 0.15) is 33.4 Å². The molecule has 65 heavy (non-hydrogen) atoms. The van der Waals surface area contributed by atoms with Crippen LogP contribution in [0.15, 0.2) is 182 Å². The topological polar surface area (TPSA) is 124 Å². The van der Waals surface area contributed by atoms with Gasteiger partial charge in [0.05, 0.1) is 52.9 Å². The highest BCUT2D eigenvalue weighted by Crippen LogP contribution is 2.35. The minimum absolute atomic E-state index is 0.0545. The summed E-state index contributed by atoms with van der Waals surface area (Å²) in [5, 5.41) is 24.4. The molecule has 0 spiro atoms. The largest absolute Gasteiger partial charge is 0.385 e. The standard InChI is InChI=1S/C54H58O11/c55-47-50(61-35-43-27-15-5-16-28-43)48(59-33-41-23-11-3-12-24-41)46(38-58-32-40-21-9-2-10-22-40)64-54(47)65-51-49(60-34-42-25-13-4-14-26-42)45(37-57-31-39-19-7-1-8-20-39)63-53(56)52(51)62-36-44-29-17-6-18-30-44/h1-30,45-56H,31-38H2/t45-,46-,47-,48+,49-,50-,51+,52-,53+,54+/m1/s1. The first-order chi connectivity index (χ1) is 32.1. The first kappa shape index (κ1) is 46.4. The maximum absolute atomic E-state index is 12.5. The van der Waals surface area contributed by atoms with Gasteiger partial charge in [-0.25, -0.2) is 0 Å². The van der Waals surface area contributed by atoms with Gasteiger partial charge in [-0.2, -0.15) is 0 Å². The molecule has 0 amide bonds. The molecule has 2 heterocycles. The van der Waals surface area contributed by atoms with Crippen LogP contribution in [0.5, 0.6) is 0 Å². The Balaban J connectivity index is 1.11. The van der Waals surface area contributed by atoms with Crippen LogP contribution in [0.25, 0.3) is 0 Å². The summed E-state index contributed by atoms with van der Waals surface area (Å²) in [6, 6.07) is 58.7. The second kappa shape index (κ2) is 24.4. The molecule has 2 N–H and O–H groups in total.